The number of ether oxygens (including phenoxy) is 1. The summed E-state index contributed by atoms with van der Waals surface area (Å²) in [6.07, 6.45) is 3.01. The zero-order chi connectivity index (χ0) is 10.3. The summed E-state index contributed by atoms with van der Waals surface area (Å²) in [5, 5.41) is 3.70. The fourth-order valence-corrected chi connectivity index (χ4v) is 0.593. The minimum absolute atomic E-state index is 0.468. The summed E-state index contributed by atoms with van der Waals surface area (Å²) in [4.78, 5) is 11.0. The summed E-state index contributed by atoms with van der Waals surface area (Å²) >= 11 is 0. The van der Waals surface area contributed by atoms with Gasteiger partial charge in [0.25, 0.3) is 0 Å². The first-order valence-electron chi connectivity index (χ1n) is 4.46. The van der Waals surface area contributed by atoms with Crippen molar-refractivity contribution in [1.82, 2.24) is 5.43 Å². The molecule has 0 aliphatic heterocycles. The molecule has 0 fully saturated rings. The maximum Gasteiger partial charge on any atom is 0.428 e. The van der Waals surface area contributed by atoms with Gasteiger partial charge in [0, 0.05) is 6.21 Å². The highest BCUT2D eigenvalue weighted by Crippen LogP contribution is 2.05. The van der Waals surface area contributed by atoms with Crippen LogP contribution in [0.5, 0.6) is 0 Å². The van der Waals surface area contributed by atoms with E-state index in [2.05, 4.69) is 10.5 Å². The van der Waals surface area contributed by atoms with Crippen LogP contribution in [0.25, 0.3) is 0 Å². The van der Waals surface area contributed by atoms with Crippen LogP contribution in [0.15, 0.2) is 5.10 Å². The maximum absolute atomic E-state index is 11.0. The zero-order valence-corrected chi connectivity index (χ0v) is 8.76. The Bertz CT molecular complexity index is 183. The van der Waals surface area contributed by atoms with E-state index in [0.29, 0.717) is 0 Å². The molecule has 0 spiro atoms. The second kappa shape index (κ2) is 5.56. The number of hydrazone groups is 1. The van der Waals surface area contributed by atoms with E-state index in [1.807, 2.05) is 27.7 Å². The minimum Gasteiger partial charge on any atom is -0.443 e. The third kappa shape index (κ3) is 8.85. The minimum atomic E-state index is -0.514. The van der Waals surface area contributed by atoms with Gasteiger partial charge in [-0.05, 0) is 27.2 Å². The van der Waals surface area contributed by atoms with Gasteiger partial charge < -0.3 is 4.74 Å². The van der Waals surface area contributed by atoms with Gasteiger partial charge in [-0.25, -0.2) is 10.2 Å². The van der Waals surface area contributed by atoms with Crippen LogP contribution in [0.1, 0.15) is 40.5 Å². The SMILES string of the molecule is CCC/C=N/NC(=O)OC(C)(C)C. The van der Waals surface area contributed by atoms with Crippen LogP contribution >= 0.6 is 0 Å². The van der Waals surface area contributed by atoms with Gasteiger partial charge in [0.05, 0.1) is 0 Å². The molecule has 0 heterocycles. The quantitative estimate of drug-likeness (QED) is 0.543. The second-order valence-corrected chi connectivity index (χ2v) is 3.71. The average molecular weight is 186 g/mol. The summed E-state index contributed by atoms with van der Waals surface area (Å²) in [5.41, 5.74) is 1.81. The molecule has 0 aliphatic rings. The van der Waals surface area contributed by atoms with Crippen molar-refractivity contribution in [3.8, 4) is 0 Å². The standard InChI is InChI=1S/C9H18N2O2/c1-5-6-7-10-11-8(12)13-9(2,3)4/h7H,5-6H2,1-4H3,(H,11,12)/b10-7+. The molecule has 0 saturated carbocycles. The molecule has 4 nitrogen and oxygen atoms in total. The molecule has 0 rings (SSSR count). The first kappa shape index (κ1) is 11.9. The van der Waals surface area contributed by atoms with Crippen molar-refractivity contribution in [3.05, 3.63) is 0 Å². The molecule has 0 radical (unpaired) electrons. The molecule has 0 unspecified atom stereocenters. The Balaban J connectivity index is 3.64. The maximum atomic E-state index is 11.0. The molecule has 13 heavy (non-hydrogen) atoms. The van der Waals surface area contributed by atoms with Crippen LogP contribution < -0.4 is 5.43 Å². The summed E-state index contributed by atoms with van der Waals surface area (Å²) in [5.74, 6) is 0. The largest absolute Gasteiger partial charge is 0.443 e. The monoisotopic (exact) mass is 186 g/mol. The average Bonchev–Trinajstić information content (AvgIpc) is 1.94. The van der Waals surface area contributed by atoms with E-state index < -0.39 is 11.7 Å². The van der Waals surface area contributed by atoms with Crippen molar-refractivity contribution >= 4 is 12.3 Å². The number of hydrogen-bond acceptors (Lipinski definition) is 3. The highest BCUT2D eigenvalue weighted by atomic mass is 16.6. The van der Waals surface area contributed by atoms with Crippen molar-refractivity contribution in [3.63, 3.8) is 0 Å². The predicted octanol–water partition coefficient (Wildman–Crippen LogP) is 2.30. The summed E-state index contributed by atoms with van der Waals surface area (Å²) in [7, 11) is 0. The molecule has 0 aromatic rings. The van der Waals surface area contributed by atoms with Crippen molar-refractivity contribution in [2.75, 3.05) is 0 Å². The predicted molar refractivity (Wildman–Crippen MR) is 52.8 cm³/mol. The molecule has 76 valence electrons. The highest BCUT2D eigenvalue weighted by Gasteiger charge is 2.14. The van der Waals surface area contributed by atoms with Crippen LogP contribution in [0.2, 0.25) is 0 Å². The molecule has 0 aliphatic carbocycles. The number of nitrogens with zero attached hydrogens (tertiary/aromatic N) is 1. The van der Waals surface area contributed by atoms with Gasteiger partial charge in [0.1, 0.15) is 5.60 Å². The van der Waals surface area contributed by atoms with E-state index in [1.54, 1.807) is 6.21 Å². The highest BCUT2D eigenvalue weighted by molar-refractivity contribution is 5.69. The summed E-state index contributed by atoms with van der Waals surface area (Å²) in [6, 6.07) is 0. The summed E-state index contributed by atoms with van der Waals surface area (Å²) in [6.45, 7) is 7.46. The lowest BCUT2D eigenvalue weighted by Gasteiger charge is -2.18. The van der Waals surface area contributed by atoms with Gasteiger partial charge in [-0.2, -0.15) is 5.10 Å². The molecule has 0 saturated heterocycles. The Hall–Kier alpha value is -1.06. The molecule has 4 heteroatoms. The lowest BCUT2D eigenvalue weighted by Crippen LogP contribution is -2.29. The van der Waals surface area contributed by atoms with E-state index in [4.69, 9.17) is 4.74 Å². The Kier molecular flexibility index (Phi) is 5.11. The third-order valence-electron chi connectivity index (χ3n) is 1.06. The Morgan fingerprint density at radius 3 is 2.62 bits per heavy atom. The number of hydrogen-bond donors (Lipinski definition) is 1. The molecule has 1 N–H and O–H groups in total. The van der Waals surface area contributed by atoms with Gasteiger partial charge in [0.15, 0.2) is 0 Å². The molecular formula is C9H18N2O2. The van der Waals surface area contributed by atoms with Crippen LogP contribution in [0.3, 0.4) is 0 Å². The molecular weight excluding hydrogens is 168 g/mol. The first-order valence-corrected chi connectivity index (χ1v) is 4.46. The van der Waals surface area contributed by atoms with Gasteiger partial charge in [-0.15, -0.1) is 0 Å². The fourth-order valence-electron chi connectivity index (χ4n) is 0.593. The van der Waals surface area contributed by atoms with Crippen molar-refractivity contribution in [2.24, 2.45) is 5.10 Å². The Morgan fingerprint density at radius 2 is 2.15 bits per heavy atom. The van der Waals surface area contributed by atoms with Gasteiger partial charge in [-0.1, -0.05) is 13.3 Å². The van der Waals surface area contributed by atoms with E-state index >= 15 is 0 Å². The normalized spacial score (nSPS) is 11.7. The third-order valence-corrected chi connectivity index (χ3v) is 1.06. The first-order chi connectivity index (χ1) is 5.95. The molecule has 0 atom stereocenters. The lowest BCUT2D eigenvalue weighted by molar-refractivity contribution is 0.0529. The summed E-state index contributed by atoms with van der Waals surface area (Å²) < 4.78 is 4.95. The zero-order valence-electron chi connectivity index (χ0n) is 8.76. The van der Waals surface area contributed by atoms with E-state index in [9.17, 15) is 4.79 Å². The van der Waals surface area contributed by atoms with Crippen molar-refractivity contribution < 1.29 is 9.53 Å². The van der Waals surface area contributed by atoms with E-state index in [1.165, 1.54) is 0 Å². The number of rotatable bonds is 3. The second-order valence-electron chi connectivity index (χ2n) is 3.71. The Morgan fingerprint density at radius 1 is 1.54 bits per heavy atom. The number of unbranched alkanes of at least 4 members (excludes halogenated alkanes) is 1. The van der Waals surface area contributed by atoms with Crippen LogP contribution in [0, 0.1) is 0 Å². The van der Waals surface area contributed by atoms with E-state index in [-0.39, 0.29) is 0 Å². The topological polar surface area (TPSA) is 50.7 Å². The number of nitrogens with one attached hydrogen (secondary N) is 1. The van der Waals surface area contributed by atoms with Gasteiger partial charge in [0.2, 0.25) is 0 Å². The molecule has 0 aromatic heterocycles. The lowest BCUT2D eigenvalue weighted by atomic mass is 10.2. The smallest absolute Gasteiger partial charge is 0.428 e. The molecule has 1 amide bonds. The number of carbonyl (C=O) groups is 1. The molecule has 0 bridgehead atoms. The Labute approximate surface area is 79.3 Å². The number of amides is 1. The van der Waals surface area contributed by atoms with Crippen LogP contribution in [-0.2, 0) is 4.74 Å². The van der Waals surface area contributed by atoms with Crippen LogP contribution in [-0.4, -0.2) is 17.9 Å². The van der Waals surface area contributed by atoms with Gasteiger partial charge in [-0.3, -0.25) is 0 Å². The van der Waals surface area contributed by atoms with E-state index in [0.717, 1.165) is 12.8 Å². The van der Waals surface area contributed by atoms with Crippen molar-refractivity contribution in [2.45, 2.75) is 46.1 Å². The van der Waals surface area contributed by atoms with Crippen LogP contribution in [0.4, 0.5) is 4.79 Å². The fraction of sp³-hybridized carbons (Fsp3) is 0.778. The van der Waals surface area contributed by atoms with Crippen molar-refractivity contribution in [1.29, 1.82) is 0 Å². The van der Waals surface area contributed by atoms with Gasteiger partial charge >= 0.3 is 6.09 Å². The number of carbonyl (C=O) groups excluding carboxylic acids is 1. The molecule has 0 aromatic carbocycles.